The number of aryl methyl sites for hydroxylation is 2. The number of carbonyl (C=O) groups excluding carboxylic acids is 1. The molecule has 8 heteroatoms. The van der Waals surface area contributed by atoms with Crippen molar-refractivity contribution in [3.8, 4) is 11.5 Å². The fourth-order valence-electron chi connectivity index (χ4n) is 3.69. The topological polar surface area (TPSA) is 84.9 Å². The van der Waals surface area contributed by atoms with Crippen molar-refractivity contribution in [2.45, 2.75) is 31.7 Å². The van der Waals surface area contributed by atoms with Crippen LogP contribution in [-0.2, 0) is 14.8 Å². The van der Waals surface area contributed by atoms with Gasteiger partial charge in [0.1, 0.15) is 19.8 Å². The van der Waals surface area contributed by atoms with E-state index >= 15 is 0 Å². The molecule has 0 bridgehead atoms. The minimum Gasteiger partial charge on any atom is -0.486 e. The van der Waals surface area contributed by atoms with Crippen LogP contribution >= 0.6 is 0 Å². The lowest BCUT2D eigenvalue weighted by atomic mass is 10.1. The molecule has 1 aliphatic rings. The van der Waals surface area contributed by atoms with E-state index in [0.29, 0.717) is 30.4 Å². The van der Waals surface area contributed by atoms with E-state index in [9.17, 15) is 13.2 Å². The minimum atomic E-state index is -3.96. The molecular weight excluding hydrogens is 452 g/mol. The molecule has 3 aromatic carbocycles. The molecule has 34 heavy (non-hydrogen) atoms. The largest absolute Gasteiger partial charge is 0.486 e. The molecule has 1 aliphatic heterocycles. The van der Waals surface area contributed by atoms with Gasteiger partial charge in [0.25, 0.3) is 10.0 Å². The van der Waals surface area contributed by atoms with E-state index in [1.165, 1.54) is 0 Å². The van der Waals surface area contributed by atoms with E-state index in [0.717, 1.165) is 21.0 Å². The van der Waals surface area contributed by atoms with Crippen LogP contribution in [0.4, 0.5) is 5.69 Å². The second-order valence-corrected chi connectivity index (χ2v) is 10.2. The zero-order valence-electron chi connectivity index (χ0n) is 19.4. The highest BCUT2D eigenvalue weighted by atomic mass is 32.2. The van der Waals surface area contributed by atoms with Gasteiger partial charge < -0.3 is 14.8 Å². The number of amides is 1. The number of ether oxygens (including phenoxy) is 2. The molecule has 0 saturated heterocycles. The summed E-state index contributed by atoms with van der Waals surface area (Å²) in [6.45, 7) is 6.27. The average Bonchev–Trinajstić information content (AvgIpc) is 2.83. The molecule has 3 aromatic rings. The molecule has 0 fully saturated rings. The standard InChI is InChI=1S/C26H28N2O5S/c1-18-4-9-22(10-5-18)28(34(30,31)23-11-6-19(2)7-12-23)17-26(29)27-20(3)21-8-13-24-25(16-21)33-15-14-32-24/h4-13,16,20H,14-15,17H2,1-3H3,(H,27,29). The van der Waals surface area contributed by atoms with Gasteiger partial charge in [-0.1, -0.05) is 41.5 Å². The number of rotatable bonds is 7. The fourth-order valence-corrected chi connectivity index (χ4v) is 5.11. The van der Waals surface area contributed by atoms with Crippen LogP contribution in [0.1, 0.15) is 29.7 Å². The maximum absolute atomic E-state index is 13.5. The summed E-state index contributed by atoms with van der Waals surface area (Å²) < 4.78 is 39.3. The highest BCUT2D eigenvalue weighted by molar-refractivity contribution is 7.92. The summed E-state index contributed by atoms with van der Waals surface area (Å²) >= 11 is 0. The zero-order chi connectivity index (χ0) is 24.3. The van der Waals surface area contributed by atoms with Gasteiger partial charge in [-0.15, -0.1) is 0 Å². The Morgan fingerprint density at radius 3 is 2.15 bits per heavy atom. The molecule has 0 aromatic heterocycles. The summed E-state index contributed by atoms with van der Waals surface area (Å²) in [6, 6.07) is 18.8. The Kier molecular flexibility index (Phi) is 6.79. The molecule has 1 atom stereocenters. The lowest BCUT2D eigenvalue weighted by Crippen LogP contribution is -2.41. The number of benzene rings is 3. The summed E-state index contributed by atoms with van der Waals surface area (Å²) in [7, 11) is -3.96. The summed E-state index contributed by atoms with van der Waals surface area (Å²) in [4.78, 5) is 13.2. The van der Waals surface area contributed by atoms with E-state index in [2.05, 4.69) is 5.32 Å². The van der Waals surface area contributed by atoms with Crippen LogP contribution in [0.25, 0.3) is 0 Å². The lowest BCUT2D eigenvalue weighted by molar-refractivity contribution is -0.120. The van der Waals surface area contributed by atoms with Crippen LogP contribution in [0.5, 0.6) is 11.5 Å². The average molecular weight is 481 g/mol. The van der Waals surface area contributed by atoms with Crippen molar-refractivity contribution >= 4 is 21.6 Å². The third kappa shape index (κ3) is 5.17. The van der Waals surface area contributed by atoms with Gasteiger partial charge in [-0.3, -0.25) is 9.10 Å². The van der Waals surface area contributed by atoms with E-state index < -0.39 is 15.9 Å². The van der Waals surface area contributed by atoms with Gasteiger partial charge in [-0.05, 0) is 62.7 Å². The first-order valence-electron chi connectivity index (χ1n) is 11.1. The van der Waals surface area contributed by atoms with Crippen LogP contribution in [0.3, 0.4) is 0 Å². The predicted octanol–water partition coefficient (Wildman–Crippen LogP) is 4.15. The molecule has 1 N–H and O–H groups in total. The first-order valence-corrected chi connectivity index (χ1v) is 12.5. The van der Waals surface area contributed by atoms with Gasteiger partial charge in [-0.2, -0.15) is 0 Å². The third-order valence-corrected chi connectivity index (χ3v) is 7.45. The molecule has 1 heterocycles. The van der Waals surface area contributed by atoms with Crippen molar-refractivity contribution in [2.24, 2.45) is 0 Å². The van der Waals surface area contributed by atoms with Crippen LogP contribution < -0.4 is 19.1 Å². The summed E-state index contributed by atoms with van der Waals surface area (Å²) in [5, 5.41) is 2.91. The quantitative estimate of drug-likeness (QED) is 0.549. The SMILES string of the molecule is Cc1ccc(N(CC(=O)NC(C)c2ccc3c(c2)OCCO3)S(=O)(=O)c2ccc(C)cc2)cc1. The molecule has 4 rings (SSSR count). The van der Waals surface area contributed by atoms with Gasteiger partial charge in [0.15, 0.2) is 11.5 Å². The highest BCUT2D eigenvalue weighted by Crippen LogP contribution is 2.32. The van der Waals surface area contributed by atoms with Gasteiger partial charge in [0, 0.05) is 0 Å². The Hall–Kier alpha value is -3.52. The van der Waals surface area contributed by atoms with Crippen molar-refractivity contribution < 1.29 is 22.7 Å². The Balaban J connectivity index is 1.56. The first-order chi connectivity index (χ1) is 16.2. The Bertz CT molecular complexity index is 1270. The molecule has 0 radical (unpaired) electrons. The zero-order valence-corrected chi connectivity index (χ0v) is 20.3. The molecule has 1 amide bonds. The van der Waals surface area contributed by atoms with Crippen LogP contribution in [0.15, 0.2) is 71.6 Å². The van der Waals surface area contributed by atoms with Crippen LogP contribution in [-0.4, -0.2) is 34.1 Å². The molecule has 178 valence electrons. The van der Waals surface area contributed by atoms with Gasteiger partial charge in [0.05, 0.1) is 16.6 Å². The normalized spacial score (nSPS) is 13.7. The number of hydrogen-bond donors (Lipinski definition) is 1. The first kappa shape index (κ1) is 23.6. The highest BCUT2D eigenvalue weighted by Gasteiger charge is 2.28. The second-order valence-electron chi connectivity index (χ2n) is 8.35. The van der Waals surface area contributed by atoms with Gasteiger partial charge in [0.2, 0.25) is 5.91 Å². The minimum absolute atomic E-state index is 0.131. The second kappa shape index (κ2) is 9.77. The lowest BCUT2D eigenvalue weighted by Gasteiger charge is -2.25. The number of fused-ring (bicyclic) bond motifs is 1. The molecular formula is C26H28N2O5S. The maximum atomic E-state index is 13.5. The summed E-state index contributed by atoms with van der Waals surface area (Å²) in [5.41, 5.74) is 3.20. The number of carbonyl (C=O) groups is 1. The van der Waals surface area contributed by atoms with E-state index in [-0.39, 0.29) is 17.5 Å². The van der Waals surface area contributed by atoms with E-state index in [4.69, 9.17) is 9.47 Å². The maximum Gasteiger partial charge on any atom is 0.264 e. The number of nitrogens with zero attached hydrogens (tertiary/aromatic N) is 1. The van der Waals surface area contributed by atoms with Crippen molar-refractivity contribution in [1.82, 2.24) is 5.32 Å². The third-order valence-electron chi connectivity index (χ3n) is 5.66. The summed E-state index contributed by atoms with van der Waals surface area (Å²) in [5.74, 6) is 0.884. The van der Waals surface area contributed by atoms with Gasteiger partial charge >= 0.3 is 0 Å². The Morgan fingerprint density at radius 1 is 0.912 bits per heavy atom. The van der Waals surface area contributed by atoms with Crippen LogP contribution in [0.2, 0.25) is 0 Å². The van der Waals surface area contributed by atoms with E-state index in [1.807, 2.05) is 51.1 Å². The number of nitrogens with one attached hydrogen (secondary N) is 1. The molecule has 1 unspecified atom stereocenters. The van der Waals surface area contributed by atoms with Crippen molar-refractivity contribution in [1.29, 1.82) is 0 Å². The van der Waals surface area contributed by atoms with Gasteiger partial charge in [-0.25, -0.2) is 8.42 Å². The number of anilines is 1. The van der Waals surface area contributed by atoms with Crippen molar-refractivity contribution in [3.63, 3.8) is 0 Å². The smallest absolute Gasteiger partial charge is 0.264 e. The number of hydrogen-bond acceptors (Lipinski definition) is 5. The Labute approximate surface area is 200 Å². The Morgan fingerprint density at radius 2 is 1.50 bits per heavy atom. The monoisotopic (exact) mass is 480 g/mol. The summed E-state index contributed by atoms with van der Waals surface area (Å²) in [6.07, 6.45) is 0. The predicted molar refractivity (Wildman–Crippen MR) is 131 cm³/mol. The molecule has 0 aliphatic carbocycles. The van der Waals surface area contributed by atoms with Crippen LogP contribution in [0, 0.1) is 13.8 Å². The van der Waals surface area contributed by atoms with Crippen molar-refractivity contribution in [3.05, 3.63) is 83.4 Å². The number of sulfonamides is 1. The molecule has 0 spiro atoms. The molecule has 7 nitrogen and oxygen atoms in total. The van der Waals surface area contributed by atoms with E-state index in [1.54, 1.807) is 36.4 Å². The fraction of sp³-hybridized carbons (Fsp3) is 0.269. The molecule has 0 saturated carbocycles. The van der Waals surface area contributed by atoms with Crippen molar-refractivity contribution in [2.75, 3.05) is 24.1 Å².